The maximum atomic E-state index is 13.1. The van der Waals surface area contributed by atoms with E-state index >= 15 is 0 Å². The van der Waals surface area contributed by atoms with Crippen LogP contribution in [-0.2, 0) is 25.2 Å². The first-order valence-corrected chi connectivity index (χ1v) is 7.16. The largest absolute Gasteiger partial charge is 0.417 e. The minimum Gasteiger partial charge on any atom is -0.365 e. The van der Waals surface area contributed by atoms with Gasteiger partial charge in [-0.2, -0.15) is 13.2 Å². The van der Waals surface area contributed by atoms with Crippen molar-refractivity contribution < 1.29 is 41.4 Å². The molecule has 2 fully saturated rings. The number of epoxide rings is 2. The molecule has 1 N–H and O–H groups in total. The molecule has 134 valence electrons. The van der Waals surface area contributed by atoms with Crippen LogP contribution in [0.3, 0.4) is 0 Å². The number of hydrogen-bond donors (Lipinski definition) is 1. The number of nitrogens with one attached hydrogen (secondary N) is 1. The molecule has 2 atom stereocenters. The number of ketones is 2. The Morgan fingerprint density at radius 2 is 1.60 bits per heavy atom. The minimum atomic E-state index is -4.99. The van der Waals surface area contributed by atoms with Crippen LogP contribution in [0.5, 0.6) is 0 Å². The third kappa shape index (κ3) is 3.85. The highest BCUT2D eigenvalue weighted by Gasteiger charge is 2.46. The Hall–Kier alpha value is -2.33. The molecule has 2 aliphatic heterocycles. The van der Waals surface area contributed by atoms with Gasteiger partial charge < -0.3 is 14.8 Å². The molecule has 2 aliphatic rings. The molecule has 2 heterocycles. The van der Waals surface area contributed by atoms with Gasteiger partial charge in [0.25, 0.3) is 5.91 Å². The molecule has 0 aliphatic carbocycles. The fourth-order valence-corrected chi connectivity index (χ4v) is 2.24. The zero-order valence-electron chi connectivity index (χ0n) is 12.4. The van der Waals surface area contributed by atoms with E-state index in [0.29, 0.717) is 12.1 Å². The molecule has 3 rings (SSSR count). The Labute approximate surface area is 138 Å². The van der Waals surface area contributed by atoms with E-state index in [4.69, 9.17) is 9.47 Å². The summed E-state index contributed by atoms with van der Waals surface area (Å²) in [5.41, 5.74) is -2.40. The lowest BCUT2D eigenvalue weighted by molar-refractivity contribution is -0.138. The second kappa shape index (κ2) is 6.19. The Morgan fingerprint density at radius 1 is 1.08 bits per heavy atom. The van der Waals surface area contributed by atoms with E-state index in [9.17, 15) is 31.9 Å². The van der Waals surface area contributed by atoms with E-state index in [0.717, 1.165) is 0 Å². The molecule has 2 saturated heterocycles. The van der Waals surface area contributed by atoms with E-state index < -0.39 is 58.8 Å². The summed E-state index contributed by atoms with van der Waals surface area (Å²) >= 11 is 0. The van der Waals surface area contributed by atoms with Gasteiger partial charge in [-0.25, -0.2) is 4.39 Å². The molecule has 1 aromatic rings. The second-order valence-electron chi connectivity index (χ2n) is 5.54. The molecule has 0 bridgehead atoms. The lowest BCUT2D eigenvalue weighted by atomic mass is 10.0. The number of amides is 1. The molecule has 1 aromatic carbocycles. The van der Waals surface area contributed by atoms with Crippen molar-refractivity contribution in [1.82, 2.24) is 5.32 Å². The second-order valence-corrected chi connectivity index (χ2v) is 5.54. The summed E-state index contributed by atoms with van der Waals surface area (Å²) in [5, 5.41) is 1.99. The van der Waals surface area contributed by atoms with Crippen molar-refractivity contribution in [2.45, 2.75) is 24.4 Å². The molecule has 0 radical (unpaired) electrons. The van der Waals surface area contributed by atoms with Gasteiger partial charge in [-0.3, -0.25) is 14.4 Å². The fourth-order valence-electron chi connectivity index (χ4n) is 2.24. The average molecular weight is 361 g/mol. The number of rotatable bonds is 6. The van der Waals surface area contributed by atoms with Gasteiger partial charge in [0.05, 0.1) is 24.3 Å². The number of ether oxygens (including phenoxy) is 2. The van der Waals surface area contributed by atoms with E-state index in [1.807, 2.05) is 5.32 Å². The van der Waals surface area contributed by atoms with Crippen molar-refractivity contribution >= 4 is 17.5 Å². The maximum Gasteiger partial charge on any atom is 0.417 e. The Balaban J connectivity index is 1.86. The number of carbonyl (C=O) groups is 3. The van der Waals surface area contributed by atoms with Crippen molar-refractivity contribution in [1.29, 1.82) is 0 Å². The fraction of sp³-hybridized carbons (Fsp3) is 0.400. The summed E-state index contributed by atoms with van der Waals surface area (Å²) in [6.45, 7) is 0.128. The number of Topliss-reactive ketones (excluding diaryl/α,β-unsaturated/α-hetero) is 2. The van der Waals surface area contributed by atoms with Crippen molar-refractivity contribution in [2.75, 3.05) is 13.2 Å². The highest BCUT2D eigenvalue weighted by Crippen LogP contribution is 2.32. The van der Waals surface area contributed by atoms with Gasteiger partial charge in [0.1, 0.15) is 18.0 Å². The molecule has 0 spiro atoms. The number of carbonyl (C=O) groups excluding carboxylic acids is 3. The van der Waals surface area contributed by atoms with Crippen LogP contribution in [0, 0.1) is 5.82 Å². The first-order chi connectivity index (χ1) is 11.7. The molecular formula is C15H11F4NO5. The normalized spacial score (nSPS) is 22.9. The molecule has 1 amide bonds. The highest BCUT2D eigenvalue weighted by molar-refractivity contribution is 6.14. The first kappa shape index (κ1) is 17.5. The SMILES string of the molecule is O=C(NC(C(=O)C1CO1)C(=O)C1CO1)c1ccc(F)cc1C(F)(F)F. The van der Waals surface area contributed by atoms with Gasteiger partial charge in [-0.05, 0) is 18.2 Å². The van der Waals surface area contributed by atoms with Gasteiger partial charge in [-0.15, -0.1) is 0 Å². The number of benzene rings is 1. The number of hydrogen-bond acceptors (Lipinski definition) is 5. The summed E-state index contributed by atoms with van der Waals surface area (Å²) in [7, 11) is 0. The highest BCUT2D eigenvalue weighted by atomic mass is 19.4. The van der Waals surface area contributed by atoms with E-state index in [1.54, 1.807) is 0 Å². The molecular weight excluding hydrogens is 350 g/mol. The molecule has 0 saturated carbocycles. The van der Waals surface area contributed by atoms with Crippen molar-refractivity contribution in [3.05, 3.63) is 35.1 Å². The van der Waals surface area contributed by atoms with Crippen LogP contribution in [0.1, 0.15) is 15.9 Å². The van der Waals surface area contributed by atoms with E-state index in [1.165, 1.54) is 0 Å². The van der Waals surface area contributed by atoms with Crippen LogP contribution < -0.4 is 5.32 Å². The molecule has 2 unspecified atom stereocenters. The lowest BCUT2D eigenvalue weighted by Gasteiger charge is -2.17. The Kier molecular flexibility index (Phi) is 4.33. The lowest BCUT2D eigenvalue weighted by Crippen LogP contribution is -2.50. The van der Waals surface area contributed by atoms with Crippen LogP contribution in [0.25, 0.3) is 0 Å². The summed E-state index contributed by atoms with van der Waals surface area (Å²) in [4.78, 5) is 36.4. The van der Waals surface area contributed by atoms with Crippen LogP contribution >= 0.6 is 0 Å². The van der Waals surface area contributed by atoms with Gasteiger partial charge in [0.2, 0.25) is 0 Å². The Morgan fingerprint density at radius 3 is 2.04 bits per heavy atom. The smallest absolute Gasteiger partial charge is 0.365 e. The van der Waals surface area contributed by atoms with Gasteiger partial charge in [-0.1, -0.05) is 0 Å². The van der Waals surface area contributed by atoms with Crippen LogP contribution in [0.4, 0.5) is 17.6 Å². The first-order valence-electron chi connectivity index (χ1n) is 7.16. The zero-order chi connectivity index (χ0) is 18.4. The van der Waals surface area contributed by atoms with Crippen LogP contribution in [0.15, 0.2) is 18.2 Å². The summed E-state index contributed by atoms with van der Waals surface area (Å²) < 4.78 is 61.6. The van der Waals surface area contributed by atoms with Crippen molar-refractivity contribution in [3.63, 3.8) is 0 Å². The number of alkyl halides is 3. The third-order valence-corrected chi connectivity index (χ3v) is 3.68. The summed E-state index contributed by atoms with van der Waals surface area (Å²) in [6.07, 6.45) is -6.76. The number of halogens is 4. The Bertz CT molecular complexity index is 716. The summed E-state index contributed by atoms with van der Waals surface area (Å²) in [6, 6.07) is -0.197. The average Bonchev–Trinajstić information content (AvgIpc) is 3.41. The molecule has 0 aromatic heterocycles. The van der Waals surface area contributed by atoms with Gasteiger partial charge in [0.15, 0.2) is 17.6 Å². The molecule has 10 heteroatoms. The molecule has 6 nitrogen and oxygen atoms in total. The quantitative estimate of drug-likeness (QED) is 0.462. The van der Waals surface area contributed by atoms with Crippen LogP contribution in [-0.4, -0.2) is 48.9 Å². The monoisotopic (exact) mass is 361 g/mol. The molecule has 25 heavy (non-hydrogen) atoms. The zero-order valence-corrected chi connectivity index (χ0v) is 12.4. The van der Waals surface area contributed by atoms with Gasteiger partial charge >= 0.3 is 6.18 Å². The van der Waals surface area contributed by atoms with E-state index in [-0.39, 0.29) is 19.3 Å². The topological polar surface area (TPSA) is 88.3 Å². The third-order valence-electron chi connectivity index (χ3n) is 3.68. The minimum absolute atomic E-state index is 0.0638. The predicted molar refractivity (Wildman–Crippen MR) is 72.2 cm³/mol. The summed E-state index contributed by atoms with van der Waals surface area (Å²) in [5.74, 6) is -4.01. The van der Waals surface area contributed by atoms with Crippen molar-refractivity contribution in [3.8, 4) is 0 Å². The van der Waals surface area contributed by atoms with E-state index in [2.05, 4.69) is 0 Å². The predicted octanol–water partition coefficient (Wildman–Crippen LogP) is 0.879. The van der Waals surface area contributed by atoms with Crippen molar-refractivity contribution in [2.24, 2.45) is 0 Å². The maximum absolute atomic E-state index is 13.1. The van der Waals surface area contributed by atoms with Crippen LogP contribution in [0.2, 0.25) is 0 Å². The standard InChI is InChI=1S/C15H11F4NO5/c16-6-1-2-7(8(3-6)15(17,18)19)14(23)20-11(12(21)9-4-24-9)13(22)10-5-25-10/h1-3,9-11H,4-5H2,(H,20,23). The van der Waals surface area contributed by atoms with Gasteiger partial charge in [0, 0.05) is 0 Å².